The van der Waals surface area contributed by atoms with Gasteiger partial charge in [-0.1, -0.05) is 48.5 Å². The van der Waals surface area contributed by atoms with Gasteiger partial charge in [-0.3, -0.25) is 9.59 Å². The van der Waals surface area contributed by atoms with Crippen molar-refractivity contribution >= 4 is 50.7 Å². The van der Waals surface area contributed by atoms with E-state index < -0.39 is 5.91 Å². The van der Waals surface area contributed by atoms with E-state index in [1.807, 2.05) is 72.2 Å². The summed E-state index contributed by atoms with van der Waals surface area (Å²) in [4.78, 5) is 24.8. The van der Waals surface area contributed by atoms with Crippen molar-refractivity contribution in [3.05, 3.63) is 83.7 Å². The third kappa shape index (κ3) is 3.81. The fraction of sp³-hybridized carbons (Fsp3) is 0.148. The Labute approximate surface area is 195 Å². The Morgan fingerprint density at radius 1 is 1.03 bits per heavy atom. The molecule has 0 aliphatic rings. The number of hydrazone groups is 1. The molecule has 7 nitrogen and oxygen atoms in total. The molecule has 3 aromatic carbocycles. The fourth-order valence-electron chi connectivity index (χ4n) is 4.28. The van der Waals surface area contributed by atoms with E-state index in [2.05, 4.69) is 10.5 Å². The zero-order valence-electron chi connectivity index (χ0n) is 18.9. The summed E-state index contributed by atoms with van der Waals surface area (Å²) in [6.07, 6.45) is 1.59. The molecule has 0 radical (unpaired) electrons. The molecule has 0 aliphatic heterocycles. The Morgan fingerprint density at radius 3 is 2.62 bits per heavy atom. The first kappa shape index (κ1) is 21.5. The molecule has 0 unspecified atom stereocenters. The molecule has 34 heavy (non-hydrogen) atoms. The Kier molecular flexibility index (Phi) is 5.59. The van der Waals surface area contributed by atoms with Gasteiger partial charge in [-0.15, -0.1) is 0 Å². The SMILES string of the molecule is CCOC(=O)Cn1c(C)c(/C=N/NC(=O)c2cc3c(ccc4ccccc43)o2)c2ccccc21. The van der Waals surface area contributed by atoms with Gasteiger partial charge in [0.05, 0.1) is 12.8 Å². The second-order valence-corrected chi connectivity index (χ2v) is 7.92. The molecule has 5 aromatic rings. The van der Waals surface area contributed by atoms with Crippen LogP contribution in [0.25, 0.3) is 32.6 Å². The predicted molar refractivity (Wildman–Crippen MR) is 132 cm³/mol. The number of hydrogen-bond acceptors (Lipinski definition) is 5. The number of nitrogens with one attached hydrogen (secondary N) is 1. The Morgan fingerprint density at radius 2 is 1.79 bits per heavy atom. The molecule has 0 aliphatic carbocycles. The molecule has 0 fully saturated rings. The van der Waals surface area contributed by atoms with Crippen LogP contribution >= 0.6 is 0 Å². The number of rotatable bonds is 6. The van der Waals surface area contributed by atoms with Gasteiger partial charge in [-0.2, -0.15) is 5.10 Å². The number of carbonyl (C=O) groups is 2. The van der Waals surface area contributed by atoms with Crippen molar-refractivity contribution in [3.8, 4) is 0 Å². The summed E-state index contributed by atoms with van der Waals surface area (Å²) in [5.41, 5.74) is 5.76. The van der Waals surface area contributed by atoms with Gasteiger partial charge < -0.3 is 13.7 Å². The number of nitrogens with zero attached hydrogens (tertiary/aromatic N) is 2. The summed E-state index contributed by atoms with van der Waals surface area (Å²) in [6.45, 7) is 4.12. The lowest BCUT2D eigenvalue weighted by Gasteiger charge is -2.07. The van der Waals surface area contributed by atoms with Crippen LogP contribution in [0.2, 0.25) is 0 Å². The van der Waals surface area contributed by atoms with Crippen molar-refractivity contribution < 1.29 is 18.7 Å². The van der Waals surface area contributed by atoms with Crippen molar-refractivity contribution in [1.82, 2.24) is 9.99 Å². The number of para-hydroxylation sites is 1. The Hall–Kier alpha value is -4.39. The number of ether oxygens (including phenoxy) is 1. The number of amides is 1. The summed E-state index contributed by atoms with van der Waals surface area (Å²) >= 11 is 0. The molecule has 5 rings (SSSR count). The third-order valence-electron chi connectivity index (χ3n) is 5.88. The minimum Gasteiger partial charge on any atom is -0.465 e. The second-order valence-electron chi connectivity index (χ2n) is 7.92. The zero-order valence-corrected chi connectivity index (χ0v) is 18.9. The van der Waals surface area contributed by atoms with Crippen LogP contribution in [0.4, 0.5) is 0 Å². The number of benzene rings is 3. The van der Waals surface area contributed by atoms with Gasteiger partial charge in [0, 0.05) is 27.5 Å². The third-order valence-corrected chi connectivity index (χ3v) is 5.88. The zero-order chi connectivity index (χ0) is 23.7. The maximum Gasteiger partial charge on any atom is 0.325 e. The molecule has 170 valence electrons. The average molecular weight is 453 g/mol. The first-order valence-corrected chi connectivity index (χ1v) is 11.0. The molecule has 0 saturated carbocycles. The molecule has 0 saturated heterocycles. The Bertz CT molecular complexity index is 1580. The highest BCUT2D eigenvalue weighted by Crippen LogP contribution is 2.28. The standard InChI is InChI=1S/C27H23N3O4/c1-3-33-26(31)16-30-17(2)22(20-10-6-7-11-23(20)30)15-28-29-27(32)25-14-21-19-9-5-4-8-18(19)12-13-24(21)34-25/h4-15H,3,16H2,1-2H3,(H,29,32)/b28-15+. The minimum atomic E-state index is -0.440. The van der Waals surface area contributed by atoms with Crippen molar-refractivity contribution in [1.29, 1.82) is 0 Å². The van der Waals surface area contributed by atoms with Crippen molar-refractivity contribution in [2.75, 3.05) is 6.61 Å². The number of esters is 1. The number of hydrogen-bond donors (Lipinski definition) is 1. The summed E-state index contributed by atoms with van der Waals surface area (Å²) in [5, 5.41) is 8.09. The van der Waals surface area contributed by atoms with Crippen molar-refractivity contribution in [2.24, 2.45) is 5.10 Å². The van der Waals surface area contributed by atoms with Gasteiger partial charge in [-0.05, 0) is 42.8 Å². The average Bonchev–Trinajstić information content (AvgIpc) is 3.40. The van der Waals surface area contributed by atoms with Crippen LogP contribution in [0.15, 0.2) is 76.2 Å². The van der Waals surface area contributed by atoms with Crippen molar-refractivity contribution in [2.45, 2.75) is 20.4 Å². The van der Waals surface area contributed by atoms with Crippen LogP contribution < -0.4 is 5.43 Å². The molecule has 7 heteroatoms. The van der Waals surface area contributed by atoms with Gasteiger partial charge in [0.15, 0.2) is 5.76 Å². The molecule has 0 bridgehead atoms. The summed E-state index contributed by atoms with van der Waals surface area (Å²) in [7, 11) is 0. The van der Waals surface area contributed by atoms with Gasteiger partial charge in [-0.25, -0.2) is 5.43 Å². The number of aromatic nitrogens is 1. The van der Waals surface area contributed by atoms with E-state index in [0.29, 0.717) is 12.2 Å². The number of carbonyl (C=O) groups excluding carboxylic acids is 2. The van der Waals surface area contributed by atoms with Crippen LogP contribution in [-0.2, 0) is 16.1 Å². The maximum absolute atomic E-state index is 12.7. The lowest BCUT2D eigenvalue weighted by atomic mass is 10.1. The van der Waals surface area contributed by atoms with Crippen LogP contribution in [0.3, 0.4) is 0 Å². The van der Waals surface area contributed by atoms with E-state index in [-0.39, 0.29) is 18.3 Å². The molecular formula is C27H23N3O4. The van der Waals surface area contributed by atoms with E-state index in [4.69, 9.17) is 9.15 Å². The van der Waals surface area contributed by atoms with E-state index in [0.717, 1.165) is 38.3 Å². The second kappa shape index (κ2) is 8.86. The lowest BCUT2D eigenvalue weighted by Crippen LogP contribution is -2.17. The molecule has 2 aromatic heterocycles. The molecular weight excluding hydrogens is 430 g/mol. The fourth-order valence-corrected chi connectivity index (χ4v) is 4.28. The molecule has 1 amide bonds. The normalized spacial score (nSPS) is 11.6. The maximum atomic E-state index is 12.7. The lowest BCUT2D eigenvalue weighted by molar-refractivity contribution is -0.143. The van der Waals surface area contributed by atoms with E-state index in [9.17, 15) is 9.59 Å². The topological polar surface area (TPSA) is 85.8 Å². The molecule has 2 heterocycles. The van der Waals surface area contributed by atoms with Gasteiger partial charge in [0.1, 0.15) is 12.1 Å². The first-order valence-electron chi connectivity index (χ1n) is 11.0. The van der Waals surface area contributed by atoms with Crippen LogP contribution in [0, 0.1) is 6.92 Å². The van der Waals surface area contributed by atoms with Gasteiger partial charge in [0.2, 0.25) is 0 Å². The Balaban J connectivity index is 1.41. The summed E-state index contributed by atoms with van der Waals surface area (Å²) < 4.78 is 12.8. The highest BCUT2D eigenvalue weighted by Gasteiger charge is 2.16. The highest BCUT2D eigenvalue weighted by atomic mass is 16.5. The van der Waals surface area contributed by atoms with Gasteiger partial charge >= 0.3 is 11.9 Å². The van der Waals surface area contributed by atoms with Crippen molar-refractivity contribution in [3.63, 3.8) is 0 Å². The number of furan rings is 1. The minimum absolute atomic E-state index is 0.104. The van der Waals surface area contributed by atoms with E-state index in [1.54, 1.807) is 19.2 Å². The number of fused-ring (bicyclic) bond motifs is 4. The largest absolute Gasteiger partial charge is 0.465 e. The monoisotopic (exact) mass is 453 g/mol. The first-order chi connectivity index (χ1) is 16.6. The highest BCUT2D eigenvalue weighted by molar-refractivity contribution is 6.08. The predicted octanol–water partition coefficient (Wildman–Crippen LogP) is 5.18. The summed E-state index contributed by atoms with van der Waals surface area (Å²) in [6, 6.07) is 21.3. The molecule has 1 N–H and O–H groups in total. The van der Waals surface area contributed by atoms with Crippen LogP contribution in [0.5, 0.6) is 0 Å². The summed E-state index contributed by atoms with van der Waals surface area (Å²) in [5.74, 6) is -0.560. The van der Waals surface area contributed by atoms with Crippen LogP contribution in [-0.4, -0.2) is 29.3 Å². The molecule has 0 spiro atoms. The van der Waals surface area contributed by atoms with Gasteiger partial charge in [0.25, 0.3) is 0 Å². The molecule has 0 atom stereocenters. The van der Waals surface area contributed by atoms with E-state index >= 15 is 0 Å². The quantitative estimate of drug-likeness (QED) is 0.218. The van der Waals surface area contributed by atoms with Crippen LogP contribution in [0.1, 0.15) is 28.7 Å². The smallest absolute Gasteiger partial charge is 0.325 e. The van der Waals surface area contributed by atoms with E-state index in [1.165, 1.54) is 0 Å².